The van der Waals surface area contributed by atoms with Crippen LogP contribution in [-0.2, 0) is 17.6 Å². The summed E-state index contributed by atoms with van der Waals surface area (Å²) >= 11 is 0. The third kappa shape index (κ3) is 4.85. The highest BCUT2D eigenvalue weighted by Gasteiger charge is 2.22. The second-order valence-corrected chi connectivity index (χ2v) is 7.83. The highest BCUT2D eigenvalue weighted by atomic mass is 19.1. The van der Waals surface area contributed by atoms with Gasteiger partial charge in [0.05, 0.1) is 0 Å². The fourth-order valence-electron chi connectivity index (χ4n) is 4.20. The van der Waals surface area contributed by atoms with E-state index in [1.165, 1.54) is 23.3 Å². The second-order valence-electron chi connectivity index (χ2n) is 7.83. The molecule has 0 aliphatic rings. The minimum Gasteiger partial charge on any atom is -0.361 e. The number of carbonyl (C=O) groups is 1. The number of H-pyrrole nitrogens is 1. The Bertz CT molecular complexity index is 1170. The van der Waals surface area contributed by atoms with Crippen LogP contribution in [0.3, 0.4) is 0 Å². The van der Waals surface area contributed by atoms with E-state index in [9.17, 15) is 9.18 Å². The average molecular weight is 415 g/mol. The zero-order valence-electron chi connectivity index (χ0n) is 17.7. The van der Waals surface area contributed by atoms with Gasteiger partial charge < -0.3 is 10.3 Å². The molecule has 3 nitrogen and oxygen atoms in total. The Balaban J connectivity index is 1.58. The van der Waals surface area contributed by atoms with Crippen molar-refractivity contribution in [1.29, 1.82) is 0 Å². The first-order valence-electron chi connectivity index (χ1n) is 10.8. The Morgan fingerprint density at radius 3 is 2.61 bits per heavy atom. The van der Waals surface area contributed by atoms with Crippen molar-refractivity contribution in [3.63, 3.8) is 0 Å². The first kappa shape index (κ1) is 20.9. The number of carbonyl (C=O) groups excluding carboxylic acids is 1. The normalized spacial score (nSPS) is 12.1. The van der Waals surface area contributed by atoms with Crippen LogP contribution in [0.15, 0.2) is 79.0 Å². The topological polar surface area (TPSA) is 44.9 Å². The molecular weight excluding hydrogens is 387 g/mol. The number of hydrogen-bond donors (Lipinski definition) is 2. The molecule has 0 bridgehead atoms. The van der Waals surface area contributed by atoms with Gasteiger partial charge in [0.1, 0.15) is 5.82 Å². The number of nitrogens with one attached hydrogen (secondary N) is 2. The van der Waals surface area contributed by atoms with E-state index in [0.717, 1.165) is 34.9 Å². The minimum atomic E-state index is -0.291. The molecule has 0 spiro atoms. The zero-order valence-corrected chi connectivity index (χ0v) is 17.7. The first-order valence-corrected chi connectivity index (χ1v) is 10.8. The van der Waals surface area contributed by atoms with Crippen molar-refractivity contribution >= 4 is 16.8 Å². The predicted octanol–water partition coefficient (Wildman–Crippen LogP) is 5.75. The molecule has 2 N–H and O–H groups in total. The standard InChI is InChI=1S/C27H27FN2O/c1-2-20-10-7-13-23-25(18-30-27(20)23)24(21-11-6-12-22(28)16-21)17-26(31)29-15-14-19-8-4-3-5-9-19/h3-13,16,18,24,30H,2,14-15,17H2,1H3,(H,29,31)/t24-/m0/s1. The van der Waals surface area contributed by atoms with Crippen LogP contribution in [0.4, 0.5) is 4.39 Å². The van der Waals surface area contributed by atoms with E-state index in [1.807, 2.05) is 36.5 Å². The lowest BCUT2D eigenvalue weighted by Crippen LogP contribution is -2.27. The number of amides is 1. The lowest BCUT2D eigenvalue weighted by Gasteiger charge is -2.17. The maximum atomic E-state index is 14.0. The lowest BCUT2D eigenvalue weighted by atomic mass is 9.87. The fourth-order valence-corrected chi connectivity index (χ4v) is 4.20. The highest BCUT2D eigenvalue weighted by Crippen LogP contribution is 2.34. The van der Waals surface area contributed by atoms with Gasteiger partial charge in [-0.05, 0) is 47.2 Å². The summed E-state index contributed by atoms with van der Waals surface area (Å²) in [6.07, 6.45) is 3.93. The summed E-state index contributed by atoms with van der Waals surface area (Å²) in [6, 6.07) is 22.9. The van der Waals surface area contributed by atoms with Gasteiger partial charge in [0.2, 0.25) is 5.91 Å². The number of fused-ring (bicyclic) bond motifs is 1. The lowest BCUT2D eigenvalue weighted by molar-refractivity contribution is -0.121. The van der Waals surface area contributed by atoms with Crippen LogP contribution in [0, 0.1) is 5.82 Å². The SMILES string of the molecule is CCc1cccc2c([C@@H](CC(=O)NCCc3ccccc3)c3cccc(F)c3)c[nH]c12. The van der Waals surface area contributed by atoms with Crippen LogP contribution >= 0.6 is 0 Å². The average Bonchev–Trinajstić information content (AvgIpc) is 3.22. The zero-order chi connectivity index (χ0) is 21.6. The summed E-state index contributed by atoms with van der Waals surface area (Å²) in [4.78, 5) is 16.2. The molecule has 4 rings (SSSR count). The minimum absolute atomic E-state index is 0.0359. The Labute approximate surface area is 182 Å². The van der Waals surface area contributed by atoms with Crippen LogP contribution in [-0.4, -0.2) is 17.4 Å². The number of aromatic amines is 1. The molecule has 0 radical (unpaired) electrons. The van der Waals surface area contributed by atoms with Crippen LogP contribution in [0.2, 0.25) is 0 Å². The Morgan fingerprint density at radius 2 is 1.84 bits per heavy atom. The van der Waals surface area contributed by atoms with E-state index >= 15 is 0 Å². The molecule has 1 heterocycles. The number of hydrogen-bond acceptors (Lipinski definition) is 1. The largest absolute Gasteiger partial charge is 0.361 e. The smallest absolute Gasteiger partial charge is 0.220 e. The first-order chi connectivity index (χ1) is 15.2. The van der Waals surface area contributed by atoms with Gasteiger partial charge >= 0.3 is 0 Å². The highest BCUT2D eigenvalue weighted by molar-refractivity contribution is 5.88. The summed E-state index contributed by atoms with van der Waals surface area (Å²) in [5.41, 5.74) is 5.34. The van der Waals surface area contributed by atoms with Gasteiger partial charge in [-0.1, -0.05) is 67.6 Å². The summed E-state index contributed by atoms with van der Waals surface area (Å²) in [7, 11) is 0. The van der Waals surface area contributed by atoms with Crippen molar-refractivity contribution in [2.75, 3.05) is 6.54 Å². The van der Waals surface area contributed by atoms with E-state index in [4.69, 9.17) is 0 Å². The van der Waals surface area contributed by atoms with Crippen LogP contribution < -0.4 is 5.32 Å². The molecule has 0 aliphatic heterocycles. The number of halogens is 1. The molecule has 0 saturated heterocycles. The molecule has 4 aromatic rings. The Morgan fingerprint density at radius 1 is 1.03 bits per heavy atom. The Kier molecular flexibility index (Phi) is 6.46. The Hall–Kier alpha value is -3.40. The molecule has 0 fully saturated rings. The fraction of sp³-hybridized carbons (Fsp3) is 0.222. The third-order valence-electron chi connectivity index (χ3n) is 5.81. The molecule has 1 aromatic heterocycles. The predicted molar refractivity (Wildman–Crippen MR) is 124 cm³/mol. The van der Waals surface area contributed by atoms with Gasteiger partial charge in [-0.3, -0.25) is 4.79 Å². The summed E-state index contributed by atoms with van der Waals surface area (Å²) < 4.78 is 14.0. The van der Waals surface area contributed by atoms with Gasteiger partial charge in [-0.25, -0.2) is 4.39 Å². The van der Waals surface area contributed by atoms with Gasteiger partial charge in [0.25, 0.3) is 0 Å². The van der Waals surface area contributed by atoms with Crippen molar-refractivity contribution in [3.05, 3.63) is 107 Å². The van der Waals surface area contributed by atoms with Crippen molar-refractivity contribution in [3.8, 4) is 0 Å². The molecule has 4 heteroatoms. The van der Waals surface area contributed by atoms with Crippen LogP contribution in [0.25, 0.3) is 10.9 Å². The monoisotopic (exact) mass is 414 g/mol. The maximum absolute atomic E-state index is 14.0. The van der Waals surface area contributed by atoms with Gasteiger partial charge in [0, 0.05) is 36.0 Å². The molecular formula is C27H27FN2O. The van der Waals surface area contributed by atoms with Gasteiger partial charge in [-0.15, -0.1) is 0 Å². The van der Waals surface area contributed by atoms with Gasteiger partial charge in [0.15, 0.2) is 0 Å². The molecule has 0 saturated carbocycles. The van der Waals surface area contributed by atoms with E-state index in [1.54, 1.807) is 6.07 Å². The molecule has 158 valence electrons. The second kappa shape index (κ2) is 9.61. The van der Waals surface area contributed by atoms with Crippen molar-refractivity contribution in [2.24, 2.45) is 0 Å². The summed E-state index contributed by atoms with van der Waals surface area (Å²) in [5, 5.41) is 4.12. The summed E-state index contributed by atoms with van der Waals surface area (Å²) in [6.45, 7) is 2.70. The quantitative estimate of drug-likeness (QED) is 0.379. The molecule has 31 heavy (non-hydrogen) atoms. The number of benzene rings is 3. The van der Waals surface area contributed by atoms with Gasteiger partial charge in [-0.2, -0.15) is 0 Å². The summed E-state index contributed by atoms with van der Waals surface area (Å²) in [5.74, 6) is -0.555. The molecule has 1 atom stereocenters. The van der Waals surface area contributed by atoms with E-state index in [2.05, 4.69) is 41.5 Å². The number of aromatic nitrogens is 1. The maximum Gasteiger partial charge on any atom is 0.220 e. The number of rotatable bonds is 8. The van der Waals surface area contributed by atoms with E-state index in [0.29, 0.717) is 6.54 Å². The molecule has 3 aromatic carbocycles. The van der Waals surface area contributed by atoms with E-state index < -0.39 is 0 Å². The molecule has 0 unspecified atom stereocenters. The van der Waals surface area contributed by atoms with Crippen LogP contribution in [0.1, 0.15) is 41.5 Å². The number of aryl methyl sites for hydroxylation is 1. The molecule has 1 amide bonds. The van der Waals surface area contributed by atoms with Crippen molar-refractivity contribution < 1.29 is 9.18 Å². The van der Waals surface area contributed by atoms with E-state index in [-0.39, 0.29) is 24.1 Å². The van der Waals surface area contributed by atoms with Crippen LogP contribution in [0.5, 0.6) is 0 Å². The van der Waals surface area contributed by atoms with Crippen molar-refractivity contribution in [2.45, 2.75) is 32.1 Å². The number of para-hydroxylation sites is 1. The van der Waals surface area contributed by atoms with Crippen molar-refractivity contribution in [1.82, 2.24) is 10.3 Å². The molecule has 0 aliphatic carbocycles. The third-order valence-corrected chi connectivity index (χ3v) is 5.81.